The van der Waals surface area contributed by atoms with Gasteiger partial charge in [0.25, 0.3) is 0 Å². The molecular weight excluding hydrogens is 251 g/mol. The number of rotatable bonds is 5. The van der Waals surface area contributed by atoms with E-state index >= 15 is 0 Å². The number of ketones is 1. The van der Waals surface area contributed by atoms with E-state index in [4.69, 9.17) is 6.58 Å². The normalized spacial score (nSPS) is 10.4. The van der Waals surface area contributed by atoms with Crippen LogP contribution in [0.4, 0.5) is 0 Å². The standard InChI is InChI=1S/C11H17NO.Y/c1-8(2)11(13)7-6-10(5)12-9(3)4;/h5-6,8-9,12H,1-4H3;/q-2;. The Balaban J connectivity index is 0. The van der Waals surface area contributed by atoms with Gasteiger partial charge in [-0.05, 0) is 19.8 Å². The summed E-state index contributed by atoms with van der Waals surface area (Å²) in [6, 6.07) is 0.271. The predicted octanol–water partition coefficient (Wildman–Crippen LogP) is 1.88. The summed E-state index contributed by atoms with van der Waals surface area (Å²) in [5.41, 5.74) is 0.476. The van der Waals surface area contributed by atoms with Crippen LogP contribution in [-0.2, 0) is 37.5 Å². The molecule has 0 unspecified atom stereocenters. The number of allylic oxidation sites excluding steroid dienone is 2. The maximum atomic E-state index is 11.1. The second-order valence-electron chi connectivity index (χ2n) is 3.56. The minimum Gasteiger partial charge on any atom is -0.495 e. The van der Waals surface area contributed by atoms with E-state index in [0.29, 0.717) is 5.70 Å². The fourth-order valence-corrected chi connectivity index (χ4v) is 0.691. The maximum Gasteiger partial charge on any atom is 0.0515 e. The summed E-state index contributed by atoms with van der Waals surface area (Å²) in [6.07, 6.45) is 4.09. The third kappa shape index (κ3) is 8.64. The molecule has 1 N–H and O–H groups in total. The zero-order valence-electron chi connectivity index (χ0n) is 9.29. The molecule has 0 aliphatic carbocycles. The molecule has 0 saturated heterocycles. The van der Waals surface area contributed by atoms with Gasteiger partial charge in [-0.2, -0.15) is 0 Å². The molecule has 0 atom stereocenters. The van der Waals surface area contributed by atoms with Crippen molar-refractivity contribution in [1.29, 1.82) is 0 Å². The van der Waals surface area contributed by atoms with Gasteiger partial charge in [0.2, 0.25) is 0 Å². The van der Waals surface area contributed by atoms with Crippen molar-refractivity contribution in [3.05, 3.63) is 24.4 Å². The van der Waals surface area contributed by atoms with Crippen molar-refractivity contribution >= 4 is 5.78 Å². The Labute approximate surface area is 112 Å². The van der Waals surface area contributed by atoms with E-state index in [2.05, 4.69) is 11.4 Å². The Morgan fingerprint density at radius 1 is 1.36 bits per heavy atom. The smallest absolute Gasteiger partial charge is 0.0515 e. The first-order chi connectivity index (χ1) is 5.93. The molecule has 14 heavy (non-hydrogen) atoms. The second kappa shape index (κ2) is 8.37. The molecule has 3 heteroatoms. The van der Waals surface area contributed by atoms with Crippen molar-refractivity contribution < 1.29 is 37.5 Å². The molecule has 0 aliphatic rings. The van der Waals surface area contributed by atoms with E-state index in [1.54, 1.807) is 0 Å². The quantitative estimate of drug-likeness (QED) is 0.468. The fraction of sp³-hybridized carbons (Fsp3) is 0.545. The van der Waals surface area contributed by atoms with Crippen molar-refractivity contribution in [3.63, 3.8) is 0 Å². The second-order valence-corrected chi connectivity index (χ2v) is 3.56. The van der Waals surface area contributed by atoms with Crippen molar-refractivity contribution in [3.8, 4) is 0 Å². The van der Waals surface area contributed by atoms with Crippen LogP contribution in [0.25, 0.3) is 0 Å². The molecule has 0 aromatic rings. The molecular formula is C11H17NOY-2. The molecule has 0 aliphatic heterocycles. The molecule has 0 fully saturated rings. The number of carbonyl (C=O) groups excluding carboxylic acids is 1. The monoisotopic (exact) mass is 268 g/mol. The third-order valence-corrected chi connectivity index (χ3v) is 1.35. The molecule has 77 valence electrons. The molecule has 0 rings (SSSR count). The minimum atomic E-state index is -0.0338. The molecule has 0 spiro atoms. The van der Waals surface area contributed by atoms with Crippen molar-refractivity contribution in [2.45, 2.75) is 33.7 Å². The zero-order chi connectivity index (χ0) is 10.4. The van der Waals surface area contributed by atoms with Gasteiger partial charge in [-0.15, -0.1) is 0 Å². The molecule has 0 bridgehead atoms. The van der Waals surface area contributed by atoms with Gasteiger partial charge < -0.3 is 28.8 Å². The Morgan fingerprint density at radius 3 is 2.21 bits per heavy atom. The average Bonchev–Trinajstić information content (AvgIpc) is 1.98. The molecule has 1 radical (unpaired) electrons. The van der Waals surface area contributed by atoms with Gasteiger partial charge in [0.1, 0.15) is 0 Å². The van der Waals surface area contributed by atoms with Gasteiger partial charge in [-0.25, -0.2) is 0 Å². The first kappa shape index (κ1) is 16.5. The number of carbonyl (C=O) groups is 1. The minimum absolute atomic E-state index is 0. The van der Waals surface area contributed by atoms with E-state index < -0.39 is 0 Å². The Hall–Kier alpha value is 0.0539. The van der Waals surface area contributed by atoms with E-state index in [9.17, 15) is 4.79 Å². The van der Waals surface area contributed by atoms with Crippen LogP contribution in [0.5, 0.6) is 0 Å². The summed E-state index contributed by atoms with van der Waals surface area (Å²) in [5.74, 6) is -0.0587. The predicted molar refractivity (Wildman–Crippen MR) is 53.7 cm³/mol. The Morgan fingerprint density at radius 2 is 1.86 bits per heavy atom. The van der Waals surface area contributed by atoms with Gasteiger partial charge in [-0.1, -0.05) is 13.8 Å². The first-order valence-corrected chi connectivity index (χ1v) is 4.46. The van der Waals surface area contributed by atoms with Gasteiger partial charge in [0.15, 0.2) is 0 Å². The molecule has 0 aromatic heterocycles. The van der Waals surface area contributed by atoms with Crippen molar-refractivity contribution in [2.24, 2.45) is 5.92 Å². The van der Waals surface area contributed by atoms with Gasteiger partial charge in [-0.3, -0.25) is 5.70 Å². The van der Waals surface area contributed by atoms with Crippen LogP contribution in [0, 0.1) is 18.6 Å². The van der Waals surface area contributed by atoms with Gasteiger partial charge >= 0.3 is 0 Å². The SMILES string of the molecule is [CH-]=C(C=[C-]C(=O)C(C)C)NC(C)C.[Y]. The van der Waals surface area contributed by atoms with Gasteiger partial charge in [0.05, 0.1) is 5.78 Å². The van der Waals surface area contributed by atoms with Crippen LogP contribution in [0.3, 0.4) is 0 Å². The molecule has 0 saturated carbocycles. The van der Waals surface area contributed by atoms with Crippen molar-refractivity contribution in [2.75, 3.05) is 0 Å². The fourth-order valence-electron chi connectivity index (χ4n) is 0.691. The summed E-state index contributed by atoms with van der Waals surface area (Å²) in [6.45, 7) is 13.2. The number of nitrogens with one attached hydrogen (secondary N) is 1. The van der Waals surface area contributed by atoms with Crippen LogP contribution in [-0.4, -0.2) is 11.8 Å². The molecule has 0 amide bonds. The molecule has 2 nitrogen and oxygen atoms in total. The maximum absolute atomic E-state index is 11.1. The summed E-state index contributed by atoms with van der Waals surface area (Å²) in [4.78, 5) is 11.1. The van der Waals surface area contributed by atoms with Crippen LogP contribution in [0.2, 0.25) is 0 Å². The van der Waals surface area contributed by atoms with E-state index in [1.807, 2.05) is 27.7 Å². The number of hydrogen-bond acceptors (Lipinski definition) is 2. The largest absolute Gasteiger partial charge is 0.495 e. The van der Waals surface area contributed by atoms with E-state index in [0.717, 1.165) is 0 Å². The van der Waals surface area contributed by atoms with Crippen LogP contribution >= 0.6 is 0 Å². The first-order valence-electron chi connectivity index (χ1n) is 4.46. The Kier molecular flexibility index (Phi) is 9.85. The number of hydrogen-bond donors (Lipinski definition) is 1. The van der Waals surface area contributed by atoms with Crippen molar-refractivity contribution in [1.82, 2.24) is 5.32 Å². The third-order valence-electron chi connectivity index (χ3n) is 1.35. The Bertz CT molecular complexity index is 219. The average molecular weight is 268 g/mol. The van der Waals surface area contributed by atoms with Gasteiger partial charge in [0, 0.05) is 38.8 Å². The van der Waals surface area contributed by atoms with Crippen LogP contribution in [0.15, 0.2) is 11.8 Å². The molecule has 0 aromatic carbocycles. The van der Waals surface area contributed by atoms with Crippen LogP contribution < -0.4 is 5.32 Å². The zero-order valence-corrected chi connectivity index (χ0v) is 12.1. The van der Waals surface area contributed by atoms with E-state index in [-0.39, 0.29) is 50.5 Å². The summed E-state index contributed by atoms with van der Waals surface area (Å²) in [5, 5.41) is 2.96. The topological polar surface area (TPSA) is 29.1 Å². The molecule has 0 heterocycles. The summed E-state index contributed by atoms with van der Waals surface area (Å²) in [7, 11) is 0. The summed E-state index contributed by atoms with van der Waals surface area (Å²) >= 11 is 0. The number of Topliss-reactive ketones (excluding diaryl/α,β-unsaturated/α-hetero) is 1. The van der Waals surface area contributed by atoms with Crippen LogP contribution in [0.1, 0.15) is 27.7 Å². The van der Waals surface area contributed by atoms with E-state index in [1.165, 1.54) is 6.08 Å². The summed E-state index contributed by atoms with van der Waals surface area (Å²) < 4.78 is 0.